The average molecular weight is 209 g/mol. The first-order chi connectivity index (χ1) is 6.22. The summed E-state index contributed by atoms with van der Waals surface area (Å²) in [6, 6.07) is 4.24. The summed E-state index contributed by atoms with van der Waals surface area (Å²) in [5.41, 5.74) is 7.98. The standard InChI is InChI=1S/C10H11NS2/c1-2-6-3-7-8(11)5-13-10(7)4-9(6)12/h3-5,12H,2,11H2,1H3. The molecule has 0 saturated carbocycles. The van der Waals surface area contributed by atoms with Gasteiger partial charge in [0.2, 0.25) is 0 Å². The van der Waals surface area contributed by atoms with Crippen molar-refractivity contribution in [1.29, 1.82) is 0 Å². The van der Waals surface area contributed by atoms with Crippen molar-refractivity contribution in [3.63, 3.8) is 0 Å². The van der Waals surface area contributed by atoms with E-state index in [0.29, 0.717) is 0 Å². The SMILES string of the molecule is CCc1cc2c(N)csc2cc1S. The average Bonchev–Trinajstić information content (AvgIpc) is 2.46. The summed E-state index contributed by atoms with van der Waals surface area (Å²) in [4.78, 5) is 1.07. The molecule has 0 spiro atoms. The lowest BCUT2D eigenvalue weighted by Crippen LogP contribution is -1.85. The van der Waals surface area contributed by atoms with E-state index in [9.17, 15) is 0 Å². The molecule has 1 nitrogen and oxygen atoms in total. The molecule has 0 atom stereocenters. The molecule has 0 fully saturated rings. The predicted molar refractivity (Wildman–Crippen MR) is 62.9 cm³/mol. The van der Waals surface area contributed by atoms with Crippen molar-refractivity contribution >= 4 is 39.7 Å². The molecule has 1 aromatic carbocycles. The Bertz CT molecular complexity index is 445. The van der Waals surface area contributed by atoms with Gasteiger partial charge in [0.1, 0.15) is 0 Å². The number of aryl methyl sites for hydroxylation is 1. The van der Waals surface area contributed by atoms with Crippen LogP contribution < -0.4 is 5.73 Å². The summed E-state index contributed by atoms with van der Waals surface area (Å²) in [7, 11) is 0. The van der Waals surface area contributed by atoms with Gasteiger partial charge in [-0.15, -0.1) is 24.0 Å². The highest BCUT2D eigenvalue weighted by molar-refractivity contribution is 7.80. The molecule has 0 bridgehead atoms. The monoisotopic (exact) mass is 209 g/mol. The maximum Gasteiger partial charge on any atom is 0.0502 e. The second-order valence-corrected chi connectivity index (χ2v) is 4.41. The fourth-order valence-electron chi connectivity index (χ4n) is 1.41. The normalized spacial score (nSPS) is 10.9. The Morgan fingerprint density at radius 2 is 2.23 bits per heavy atom. The number of thiol groups is 1. The third-order valence-electron chi connectivity index (χ3n) is 2.19. The molecule has 0 saturated heterocycles. The number of thiophene rings is 1. The van der Waals surface area contributed by atoms with E-state index in [0.717, 1.165) is 17.0 Å². The largest absolute Gasteiger partial charge is 0.398 e. The van der Waals surface area contributed by atoms with Crippen molar-refractivity contribution in [2.75, 3.05) is 5.73 Å². The number of hydrogen-bond donors (Lipinski definition) is 2. The molecule has 2 aromatic rings. The lowest BCUT2D eigenvalue weighted by atomic mass is 10.1. The zero-order chi connectivity index (χ0) is 9.42. The number of anilines is 1. The van der Waals surface area contributed by atoms with E-state index in [1.807, 2.05) is 5.38 Å². The molecule has 2 rings (SSSR count). The third-order valence-corrected chi connectivity index (χ3v) is 3.57. The van der Waals surface area contributed by atoms with Gasteiger partial charge in [-0.3, -0.25) is 0 Å². The minimum absolute atomic E-state index is 0.878. The predicted octanol–water partition coefficient (Wildman–Crippen LogP) is 3.33. The molecule has 1 heterocycles. The van der Waals surface area contributed by atoms with Gasteiger partial charge < -0.3 is 5.73 Å². The summed E-state index contributed by atoms with van der Waals surface area (Å²) in [6.07, 6.45) is 1.00. The van der Waals surface area contributed by atoms with Gasteiger partial charge in [0.25, 0.3) is 0 Å². The Hall–Kier alpha value is -0.670. The lowest BCUT2D eigenvalue weighted by Gasteiger charge is -2.02. The summed E-state index contributed by atoms with van der Waals surface area (Å²) in [5, 5.41) is 3.15. The molecule has 13 heavy (non-hydrogen) atoms. The maximum absolute atomic E-state index is 5.84. The Balaban J connectivity index is 2.77. The number of benzene rings is 1. The first kappa shape index (κ1) is 8.91. The fraction of sp³-hybridized carbons (Fsp3) is 0.200. The van der Waals surface area contributed by atoms with Crippen LogP contribution in [0.4, 0.5) is 5.69 Å². The van der Waals surface area contributed by atoms with Crippen LogP contribution in [-0.2, 0) is 6.42 Å². The Morgan fingerprint density at radius 1 is 1.46 bits per heavy atom. The highest BCUT2D eigenvalue weighted by atomic mass is 32.1. The summed E-state index contributed by atoms with van der Waals surface area (Å²) >= 11 is 6.10. The van der Waals surface area contributed by atoms with E-state index in [4.69, 9.17) is 5.73 Å². The van der Waals surface area contributed by atoms with E-state index in [-0.39, 0.29) is 0 Å². The lowest BCUT2D eigenvalue weighted by molar-refractivity contribution is 1.09. The molecule has 0 radical (unpaired) electrons. The zero-order valence-electron chi connectivity index (χ0n) is 7.37. The minimum Gasteiger partial charge on any atom is -0.398 e. The van der Waals surface area contributed by atoms with Crippen molar-refractivity contribution in [3.05, 3.63) is 23.1 Å². The van der Waals surface area contributed by atoms with Gasteiger partial charge in [0.05, 0.1) is 5.69 Å². The third kappa shape index (κ3) is 1.42. The van der Waals surface area contributed by atoms with Crippen molar-refractivity contribution in [1.82, 2.24) is 0 Å². The van der Waals surface area contributed by atoms with Gasteiger partial charge in [0, 0.05) is 20.4 Å². The second-order valence-electron chi connectivity index (χ2n) is 3.02. The van der Waals surface area contributed by atoms with E-state index in [2.05, 4.69) is 31.7 Å². The van der Waals surface area contributed by atoms with Gasteiger partial charge >= 0.3 is 0 Å². The Morgan fingerprint density at radius 3 is 2.92 bits per heavy atom. The van der Waals surface area contributed by atoms with E-state index >= 15 is 0 Å². The highest BCUT2D eigenvalue weighted by Gasteiger charge is 2.04. The number of fused-ring (bicyclic) bond motifs is 1. The van der Waals surface area contributed by atoms with Crippen LogP contribution >= 0.6 is 24.0 Å². The van der Waals surface area contributed by atoms with Crippen molar-refractivity contribution in [2.45, 2.75) is 18.2 Å². The van der Waals surface area contributed by atoms with Gasteiger partial charge in [-0.25, -0.2) is 0 Å². The molecular weight excluding hydrogens is 198 g/mol. The van der Waals surface area contributed by atoms with Crippen LogP contribution in [0.25, 0.3) is 10.1 Å². The van der Waals surface area contributed by atoms with Crippen LogP contribution in [0.5, 0.6) is 0 Å². The van der Waals surface area contributed by atoms with Crippen LogP contribution in [0.15, 0.2) is 22.4 Å². The Labute approximate surface area is 87.0 Å². The van der Waals surface area contributed by atoms with Crippen molar-refractivity contribution < 1.29 is 0 Å². The zero-order valence-corrected chi connectivity index (χ0v) is 9.08. The minimum atomic E-state index is 0.878. The quantitative estimate of drug-likeness (QED) is 0.692. The molecule has 1 aromatic heterocycles. The molecule has 0 aliphatic heterocycles. The molecule has 2 N–H and O–H groups in total. The summed E-state index contributed by atoms with van der Waals surface area (Å²) in [6.45, 7) is 2.13. The molecule has 0 aliphatic carbocycles. The van der Waals surface area contributed by atoms with E-state index in [1.165, 1.54) is 15.6 Å². The van der Waals surface area contributed by atoms with Gasteiger partial charge in [-0.1, -0.05) is 6.92 Å². The first-order valence-electron chi connectivity index (χ1n) is 4.21. The molecule has 0 amide bonds. The van der Waals surface area contributed by atoms with Gasteiger partial charge in [0.15, 0.2) is 0 Å². The maximum atomic E-state index is 5.84. The molecule has 3 heteroatoms. The van der Waals surface area contributed by atoms with Crippen molar-refractivity contribution in [2.24, 2.45) is 0 Å². The molecule has 0 unspecified atom stereocenters. The van der Waals surface area contributed by atoms with Gasteiger partial charge in [-0.05, 0) is 24.1 Å². The van der Waals surface area contributed by atoms with E-state index in [1.54, 1.807) is 11.3 Å². The van der Waals surface area contributed by atoms with Crippen LogP contribution in [0.1, 0.15) is 12.5 Å². The van der Waals surface area contributed by atoms with Crippen LogP contribution in [0, 0.1) is 0 Å². The van der Waals surface area contributed by atoms with Crippen LogP contribution in [-0.4, -0.2) is 0 Å². The van der Waals surface area contributed by atoms with Crippen LogP contribution in [0.3, 0.4) is 0 Å². The van der Waals surface area contributed by atoms with Gasteiger partial charge in [-0.2, -0.15) is 0 Å². The summed E-state index contributed by atoms with van der Waals surface area (Å²) < 4.78 is 1.22. The van der Waals surface area contributed by atoms with Crippen molar-refractivity contribution in [3.8, 4) is 0 Å². The number of rotatable bonds is 1. The smallest absolute Gasteiger partial charge is 0.0502 e. The topological polar surface area (TPSA) is 26.0 Å². The van der Waals surface area contributed by atoms with Crippen LogP contribution in [0.2, 0.25) is 0 Å². The van der Waals surface area contributed by atoms with E-state index < -0.39 is 0 Å². The highest BCUT2D eigenvalue weighted by Crippen LogP contribution is 2.32. The summed E-state index contributed by atoms with van der Waals surface area (Å²) in [5.74, 6) is 0. The Kier molecular flexibility index (Phi) is 2.22. The second kappa shape index (κ2) is 3.24. The molecule has 68 valence electrons. The molecule has 0 aliphatic rings. The first-order valence-corrected chi connectivity index (χ1v) is 5.53. The molecular formula is C10H11NS2. The number of nitrogen functional groups attached to an aromatic ring is 1. The fourth-order valence-corrected chi connectivity index (χ4v) is 2.72. The number of nitrogens with two attached hydrogens (primary N) is 1. The number of hydrogen-bond acceptors (Lipinski definition) is 3.